The minimum Gasteiger partial charge on any atom is -0.460 e. The molecule has 0 unspecified atom stereocenters. The third-order valence-electron chi connectivity index (χ3n) is 4.81. The van der Waals surface area contributed by atoms with Gasteiger partial charge in [-0.2, -0.15) is 0 Å². The molecule has 1 aromatic heterocycles. The highest BCUT2D eigenvalue weighted by Crippen LogP contribution is 2.26. The number of amides is 1. The summed E-state index contributed by atoms with van der Waals surface area (Å²) in [6.07, 6.45) is 2.27. The van der Waals surface area contributed by atoms with Gasteiger partial charge < -0.3 is 10.1 Å². The molecule has 1 amide bonds. The molecule has 32 heavy (non-hydrogen) atoms. The molecule has 0 fully saturated rings. The Bertz CT molecular complexity index is 1120. The summed E-state index contributed by atoms with van der Waals surface area (Å²) in [5.74, 6) is -0.747. The second-order valence-corrected chi connectivity index (χ2v) is 8.60. The van der Waals surface area contributed by atoms with Crippen LogP contribution in [0.1, 0.15) is 56.1 Å². The molecule has 0 atom stereocenters. The molecule has 0 aliphatic heterocycles. The van der Waals surface area contributed by atoms with E-state index in [1.54, 1.807) is 37.4 Å². The summed E-state index contributed by atoms with van der Waals surface area (Å²) < 4.78 is 18.8. The Balaban J connectivity index is 1.86. The second kappa shape index (κ2) is 9.85. The Kier molecular flexibility index (Phi) is 7.18. The summed E-state index contributed by atoms with van der Waals surface area (Å²) in [5.41, 5.74) is 3.43. The van der Waals surface area contributed by atoms with Crippen molar-refractivity contribution in [3.05, 3.63) is 59.5 Å². The van der Waals surface area contributed by atoms with Crippen LogP contribution in [0, 0.1) is 5.82 Å². The van der Waals surface area contributed by atoms with Crippen LogP contribution in [-0.2, 0) is 16.0 Å². The molecular weight excluding hydrogens is 409 g/mol. The van der Waals surface area contributed by atoms with Gasteiger partial charge in [-0.1, -0.05) is 0 Å². The highest BCUT2D eigenvalue weighted by Gasteiger charge is 2.17. The molecule has 2 aromatic carbocycles. The van der Waals surface area contributed by atoms with E-state index in [4.69, 9.17) is 14.7 Å². The van der Waals surface area contributed by atoms with Crippen LogP contribution in [0.25, 0.3) is 22.3 Å². The first kappa shape index (κ1) is 23.3. The van der Waals surface area contributed by atoms with Gasteiger partial charge in [-0.05, 0) is 82.5 Å². The predicted molar refractivity (Wildman–Crippen MR) is 122 cm³/mol. The maximum atomic E-state index is 13.4. The third kappa shape index (κ3) is 6.09. The van der Waals surface area contributed by atoms with E-state index in [0.717, 1.165) is 11.3 Å². The van der Waals surface area contributed by atoms with Gasteiger partial charge in [-0.25, -0.2) is 14.4 Å². The summed E-state index contributed by atoms with van der Waals surface area (Å²) in [6, 6.07) is 11.3. The van der Waals surface area contributed by atoms with Crippen LogP contribution >= 0.6 is 0 Å². The zero-order valence-corrected chi connectivity index (χ0v) is 18.9. The maximum absolute atomic E-state index is 13.4. The van der Waals surface area contributed by atoms with Crippen LogP contribution in [0.4, 0.5) is 4.39 Å². The van der Waals surface area contributed by atoms with Gasteiger partial charge in [0.1, 0.15) is 11.4 Å². The van der Waals surface area contributed by atoms with Gasteiger partial charge in [0.15, 0.2) is 0 Å². The number of nitrogens with zero attached hydrogens (tertiary/aromatic N) is 2. The molecule has 3 rings (SSSR count). The SMILES string of the molecule is CNC(=O)c1ccc2nc(-c3ccc(F)cc3)c(CCCCC(=O)OC(C)(C)C)nc2c1. The fourth-order valence-corrected chi connectivity index (χ4v) is 3.34. The van der Waals surface area contributed by atoms with Crippen molar-refractivity contribution in [2.45, 2.75) is 52.1 Å². The molecule has 0 aliphatic rings. The number of hydrogen-bond donors (Lipinski definition) is 1. The zero-order chi connectivity index (χ0) is 23.3. The van der Waals surface area contributed by atoms with Crippen molar-refractivity contribution < 1.29 is 18.7 Å². The first-order chi connectivity index (χ1) is 15.2. The van der Waals surface area contributed by atoms with Crippen LogP contribution in [0.5, 0.6) is 0 Å². The molecule has 0 radical (unpaired) electrons. The molecule has 6 nitrogen and oxygen atoms in total. The molecule has 0 bridgehead atoms. The minimum absolute atomic E-state index is 0.199. The molecule has 1 heterocycles. The van der Waals surface area contributed by atoms with Gasteiger partial charge >= 0.3 is 5.97 Å². The normalized spacial score (nSPS) is 11.4. The van der Waals surface area contributed by atoms with Crippen molar-refractivity contribution in [3.8, 4) is 11.3 Å². The number of rotatable bonds is 7. The number of esters is 1. The van der Waals surface area contributed by atoms with Gasteiger partial charge in [0.25, 0.3) is 5.91 Å². The lowest BCUT2D eigenvalue weighted by Gasteiger charge is -2.19. The van der Waals surface area contributed by atoms with Crippen molar-refractivity contribution in [1.29, 1.82) is 0 Å². The average Bonchev–Trinajstić information content (AvgIpc) is 2.74. The monoisotopic (exact) mass is 437 g/mol. The smallest absolute Gasteiger partial charge is 0.306 e. The number of fused-ring (bicyclic) bond motifs is 1. The minimum atomic E-state index is -0.501. The quantitative estimate of drug-likeness (QED) is 0.422. The molecule has 168 valence electrons. The number of nitrogens with one attached hydrogen (secondary N) is 1. The van der Waals surface area contributed by atoms with Crippen LogP contribution < -0.4 is 5.32 Å². The van der Waals surface area contributed by atoms with E-state index in [2.05, 4.69) is 5.32 Å². The third-order valence-corrected chi connectivity index (χ3v) is 4.81. The van der Waals surface area contributed by atoms with E-state index in [9.17, 15) is 14.0 Å². The maximum Gasteiger partial charge on any atom is 0.306 e. The molecule has 0 saturated heterocycles. The highest BCUT2D eigenvalue weighted by atomic mass is 19.1. The molecule has 0 aliphatic carbocycles. The van der Waals surface area contributed by atoms with Crippen molar-refractivity contribution in [2.75, 3.05) is 7.05 Å². The first-order valence-corrected chi connectivity index (χ1v) is 10.7. The van der Waals surface area contributed by atoms with Gasteiger partial charge in [0.2, 0.25) is 0 Å². The number of halogens is 1. The van der Waals surface area contributed by atoms with Crippen molar-refractivity contribution in [3.63, 3.8) is 0 Å². The Labute approximate surface area is 187 Å². The lowest BCUT2D eigenvalue weighted by molar-refractivity contribution is -0.154. The molecular formula is C25H28FN3O3. The summed E-state index contributed by atoms with van der Waals surface area (Å²) in [4.78, 5) is 33.5. The number of carbonyl (C=O) groups is 2. The van der Waals surface area contributed by atoms with E-state index in [0.29, 0.717) is 48.0 Å². The lowest BCUT2D eigenvalue weighted by Crippen LogP contribution is -2.23. The standard InChI is InChI=1S/C25H28FN3O3/c1-25(2,3)32-22(30)8-6-5-7-20-23(16-9-12-18(26)13-10-16)29-19-14-11-17(24(31)27-4)15-21(19)28-20/h9-15H,5-8H2,1-4H3,(H,27,31). The predicted octanol–water partition coefficient (Wildman–Crippen LogP) is 4.85. The van der Waals surface area contributed by atoms with Crippen LogP contribution in [0.3, 0.4) is 0 Å². The van der Waals surface area contributed by atoms with E-state index in [1.807, 2.05) is 20.8 Å². The second-order valence-electron chi connectivity index (χ2n) is 8.60. The largest absolute Gasteiger partial charge is 0.460 e. The summed E-state index contributed by atoms with van der Waals surface area (Å²) >= 11 is 0. The number of carbonyl (C=O) groups excluding carboxylic acids is 2. The first-order valence-electron chi connectivity index (χ1n) is 10.7. The lowest BCUT2D eigenvalue weighted by atomic mass is 10.0. The molecule has 0 spiro atoms. The molecule has 0 saturated carbocycles. The average molecular weight is 438 g/mol. The fraction of sp³-hybridized carbons (Fsp3) is 0.360. The highest BCUT2D eigenvalue weighted by molar-refractivity contribution is 5.97. The number of aryl methyl sites for hydroxylation is 1. The molecule has 7 heteroatoms. The number of benzene rings is 2. The Morgan fingerprint density at radius 1 is 1.00 bits per heavy atom. The summed E-state index contributed by atoms with van der Waals surface area (Å²) in [5, 5.41) is 2.61. The Morgan fingerprint density at radius 2 is 1.72 bits per heavy atom. The van der Waals surface area contributed by atoms with Crippen molar-refractivity contribution in [1.82, 2.24) is 15.3 Å². The number of hydrogen-bond acceptors (Lipinski definition) is 5. The number of unbranched alkanes of at least 4 members (excludes halogenated alkanes) is 1. The number of ether oxygens (including phenoxy) is 1. The summed E-state index contributed by atoms with van der Waals surface area (Å²) in [7, 11) is 1.58. The van der Waals surface area contributed by atoms with Crippen LogP contribution in [-0.4, -0.2) is 34.5 Å². The van der Waals surface area contributed by atoms with Crippen molar-refractivity contribution in [2.24, 2.45) is 0 Å². The van der Waals surface area contributed by atoms with Crippen LogP contribution in [0.15, 0.2) is 42.5 Å². The van der Waals surface area contributed by atoms with Crippen molar-refractivity contribution >= 4 is 22.9 Å². The number of aromatic nitrogens is 2. The van der Waals surface area contributed by atoms with E-state index in [1.165, 1.54) is 12.1 Å². The van der Waals surface area contributed by atoms with E-state index < -0.39 is 5.60 Å². The zero-order valence-electron chi connectivity index (χ0n) is 18.9. The summed E-state index contributed by atoms with van der Waals surface area (Å²) in [6.45, 7) is 5.53. The Hall–Kier alpha value is -3.35. The molecule has 1 N–H and O–H groups in total. The topological polar surface area (TPSA) is 81.2 Å². The fourth-order valence-electron chi connectivity index (χ4n) is 3.34. The van der Waals surface area contributed by atoms with E-state index in [-0.39, 0.29) is 17.7 Å². The van der Waals surface area contributed by atoms with Crippen LogP contribution in [0.2, 0.25) is 0 Å². The van der Waals surface area contributed by atoms with Gasteiger partial charge in [0, 0.05) is 24.6 Å². The van der Waals surface area contributed by atoms with Gasteiger partial charge in [-0.3, -0.25) is 9.59 Å². The van der Waals surface area contributed by atoms with Gasteiger partial charge in [-0.15, -0.1) is 0 Å². The Morgan fingerprint density at radius 3 is 2.38 bits per heavy atom. The van der Waals surface area contributed by atoms with Gasteiger partial charge in [0.05, 0.1) is 22.4 Å². The molecule has 3 aromatic rings. The van der Waals surface area contributed by atoms with E-state index >= 15 is 0 Å².